The molecule has 7 heteroatoms. The lowest BCUT2D eigenvalue weighted by molar-refractivity contribution is -0.127. The van der Waals surface area contributed by atoms with Crippen molar-refractivity contribution in [2.45, 2.75) is 0 Å². The SMILES string of the molecule is O=C(/C=C/c1ccc2ccccc2n1)N1CCN(S(=O)(=O)/C=C/c2ccccc2)CC1. The fraction of sp³-hybridized carbons (Fsp3) is 0.167. The molecular weight excluding hydrogens is 410 g/mol. The third kappa shape index (κ3) is 5.25. The number of amides is 1. The van der Waals surface area contributed by atoms with Crippen molar-refractivity contribution in [1.29, 1.82) is 0 Å². The molecule has 0 atom stereocenters. The van der Waals surface area contributed by atoms with Crippen molar-refractivity contribution in [3.63, 3.8) is 0 Å². The van der Waals surface area contributed by atoms with E-state index in [0.29, 0.717) is 18.8 Å². The van der Waals surface area contributed by atoms with E-state index in [2.05, 4.69) is 4.98 Å². The fourth-order valence-corrected chi connectivity index (χ4v) is 4.59. The molecule has 2 aromatic carbocycles. The van der Waals surface area contributed by atoms with Crippen LogP contribution in [0.25, 0.3) is 23.1 Å². The van der Waals surface area contributed by atoms with E-state index in [1.807, 2.05) is 66.7 Å². The van der Waals surface area contributed by atoms with Gasteiger partial charge in [0.25, 0.3) is 0 Å². The molecule has 0 aliphatic carbocycles. The maximum absolute atomic E-state index is 12.6. The molecule has 1 aromatic heterocycles. The van der Waals surface area contributed by atoms with E-state index in [4.69, 9.17) is 0 Å². The Labute approximate surface area is 182 Å². The number of rotatable bonds is 5. The smallest absolute Gasteiger partial charge is 0.246 e. The van der Waals surface area contributed by atoms with E-state index in [0.717, 1.165) is 16.5 Å². The van der Waals surface area contributed by atoms with Crippen LogP contribution in [-0.4, -0.2) is 54.7 Å². The zero-order chi connectivity index (χ0) is 21.7. The predicted molar refractivity (Wildman–Crippen MR) is 123 cm³/mol. The number of para-hydroxylation sites is 1. The molecule has 31 heavy (non-hydrogen) atoms. The van der Waals surface area contributed by atoms with Gasteiger partial charge in [-0.2, -0.15) is 4.31 Å². The summed E-state index contributed by atoms with van der Waals surface area (Å²) in [5, 5.41) is 2.27. The van der Waals surface area contributed by atoms with Crippen molar-refractivity contribution in [3.05, 3.63) is 89.5 Å². The topological polar surface area (TPSA) is 70.6 Å². The van der Waals surface area contributed by atoms with Gasteiger partial charge in [0, 0.05) is 43.0 Å². The standard InChI is InChI=1S/C24H23N3O3S/c28-24(13-12-22-11-10-21-8-4-5-9-23(21)25-22)26-15-17-27(18-16-26)31(29,30)19-14-20-6-2-1-3-7-20/h1-14,19H,15-18H2/b13-12+,19-14+. The number of nitrogens with zero attached hydrogens (tertiary/aromatic N) is 3. The van der Waals surface area contributed by atoms with E-state index < -0.39 is 10.0 Å². The van der Waals surface area contributed by atoms with Crippen molar-refractivity contribution in [2.75, 3.05) is 26.2 Å². The molecule has 1 fully saturated rings. The molecule has 0 bridgehead atoms. The molecule has 158 valence electrons. The van der Waals surface area contributed by atoms with Crippen molar-refractivity contribution >= 4 is 39.0 Å². The third-order valence-corrected chi connectivity index (χ3v) is 6.72. The van der Waals surface area contributed by atoms with E-state index in [1.165, 1.54) is 15.8 Å². The highest BCUT2D eigenvalue weighted by Crippen LogP contribution is 2.14. The second-order valence-corrected chi connectivity index (χ2v) is 9.06. The first-order chi connectivity index (χ1) is 15.0. The van der Waals surface area contributed by atoms with Crippen LogP contribution in [0, 0.1) is 0 Å². The van der Waals surface area contributed by atoms with Gasteiger partial charge >= 0.3 is 0 Å². The number of hydrogen-bond acceptors (Lipinski definition) is 4. The van der Waals surface area contributed by atoms with Crippen LogP contribution in [0.5, 0.6) is 0 Å². The lowest BCUT2D eigenvalue weighted by atomic mass is 10.2. The Morgan fingerprint density at radius 3 is 2.32 bits per heavy atom. The molecule has 4 rings (SSSR count). The van der Waals surface area contributed by atoms with Gasteiger partial charge in [0.2, 0.25) is 15.9 Å². The molecule has 1 amide bonds. The van der Waals surface area contributed by atoms with Gasteiger partial charge in [-0.3, -0.25) is 4.79 Å². The van der Waals surface area contributed by atoms with Crippen molar-refractivity contribution < 1.29 is 13.2 Å². The molecule has 2 heterocycles. The summed E-state index contributed by atoms with van der Waals surface area (Å²) < 4.78 is 26.5. The van der Waals surface area contributed by atoms with Crippen LogP contribution in [0.2, 0.25) is 0 Å². The Hall–Kier alpha value is -3.29. The summed E-state index contributed by atoms with van der Waals surface area (Å²) in [6, 6.07) is 20.9. The number of pyridine rings is 1. The number of hydrogen-bond donors (Lipinski definition) is 0. The van der Waals surface area contributed by atoms with Crippen LogP contribution in [0.1, 0.15) is 11.3 Å². The molecule has 0 saturated carbocycles. The molecule has 6 nitrogen and oxygen atoms in total. The number of sulfonamides is 1. The molecular formula is C24H23N3O3S. The summed E-state index contributed by atoms with van der Waals surface area (Å²) in [6.07, 6.45) is 4.78. The molecule has 0 spiro atoms. The Bertz CT molecular complexity index is 1230. The molecule has 0 unspecified atom stereocenters. The summed E-state index contributed by atoms with van der Waals surface area (Å²) in [4.78, 5) is 18.7. The molecule has 1 saturated heterocycles. The normalized spacial score (nSPS) is 15.8. The number of fused-ring (bicyclic) bond motifs is 1. The maximum Gasteiger partial charge on any atom is 0.246 e. The number of benzene rings is 2. The number of carbonyl (C=O) groups is 1. The average Bonchev–Trinajstić information content (AvgIpc) is 2.82. The fourth-order valence-electron chi connectivity index (χ4n) is 3.41. The minimum Gasteiger partial charge on any atom is -0.337 e. The van der Waals surface area contributed by atoms with E-state index in [9.17, 15) is 13.2 Å². The first-order valence-electron chi connectivity index (χ1n) is 10.1. The summed E-state index contributed by atoms with van der Waals surface area (Å²) in [6.45, 7) is 1.25. The van der Waals surface area contributed by atoms with E-state index in [-0.39, 0.29) is 19.0 Å². The highest BCUT2D eigenvalue weighted by atomic mass is 32.2. The van der Waals surface area contributed by atoms with E-state index in [1.54, 1.807) is 17.1 Å². The first kappa shape index (κ1) is 21.0. The monoisotopic (exact) mass is 433 g/mol. The van der Waals surface area contributed by atoms with Crippen LogP contribution >= 0.6 is 0 Å². The first-order valence-corrected chi connectivity index (χ1v) is 11.6. The van der Waals surface area contributed by atoms with Gasteiger partial charge in [0.15, 0.2) is 0 Å². The summed E-state index contributed by atoms with van der Waals surface area (Å²) >= 11 is 0. The van der Waals surface area contributed by atoms with Crippen LogP contribution in [-0.2, 0) is 14.8 Å². The van der Waals surface area contributed by atoms with Crippen molar-refractivity contribution in [3.8, 4) is 0 Å². The minimum atomic E-state index is -3.52. The molecule has 0 N–H and O–H groups in total. The van der Waals surface area contributed by atoms with Crippen LogP contribution in [0.4, 0.5) is 0 Å². The predicted octanol–water partition coefficient (Wildman–Crippen LogP) is 3.39. The third-order valence-electron chi connectivity index (χ3n) is 5.16. The lowest BCUT2D eigenvalue weighted by Gasteiger charge is -2.32. The van der Waals surface area contributed by atoms with Crippen LogP contribution in [0.15, 0.2) is 78.2 Å². The van der Waals surface area contributed by atoms with Crippen LogP contribution in [0.3, 0.4) is 0 Å². The summed E-state index contributed by atoms with van der Waals surface area (Å²) in [7, 11) is -3.52. The number of aromatic nitrogens is 1. The average molecular weight is 434 g/mol. The zero-order valence-electron chi connectivity index (χ0n) is 17.0. The van der Waals surface area contributed by atoms with Crippen LogP contribution < -0.4 is 0 Å². The van der Waals surface area contributed by atoms with Gasteiger partial charge in [-0.1, -0.05) is 54.6 Å². The van der Waals surface area contributed by atoms with E-state index >= 15 is 0 Å². The van der Waals surface area contributed by atoms with Gasteiger partial charge in [-0.05, 0) is 29.8 Å². The largest absolute Gasteiger partial charge is 0.337 e. The van der Waals surface area contributed by atoms with Gasteiger partial charge in [0.1, 0.15) is 0 Å². The zero-order valence-corrected chi connectivity index (χ0v) is 17.8. The molecule has 0 radical (unpaired) electrons. The quantitative estimate of drug-likeness (QED) is 0.579. The summed E-state index contributed by atoms with van der Waals surface area (Å²) in [5.74, 6) is -0.146. The highest BCUT2D eigenvalue weighted by Gasteiger charge is 2.26. The Morgan fingerprint density at radius 1 is 0.839 bits per heavy atom. The van der Waals surface area contributed by atoms with Gasteiger partial charge < -0.3 is 4.90 Å². The highest BCUT2D eigenvalue weighted by molar-refractivity contribution is 7.92. The van der Waals surface area contributed by atoms with Gasteiger partial charge in [-0.25, -0.2) is 13.4 Å². The van der Waals surface area contributed by atoms with Crippen molar-refractivity contribution in [1.82, 2.24) is 14.2 Å². The van der Waals surface area contributed by atoms with Gasteiger partial charge in [0.05, 0.1) is 11.2 Å². The maximum atomic E-state index is 12.6. The Balaban J connectivity index is 1.34. The second kappa shape index (κ2) is 9.24. The molecule has 1 aliphatic rings. The minimum absolute atomic E-state index is 0.146. The number of piperazine rings is 1. The molecule has 1 aliphatic heterocycles. The number of carbonyl (C=O) groups excluding carboxylic acids is 1. The molecule has 3 aromatic rings. The summed E-state index contributed by atoms with van der Waals surface area (Å²) in [5.41, 5.74) is 2.41. The second-order valence-electron chi connectivity index (χ2n) is 7.24. The lowest BCUT2D eigenvalue weighted by Crippen LogP contribution is -2.49. The Kier molecular flexibility index (Phi) is 6.25. The van der Waals surface area contributed by atoms with Crippen molar-refractivity contribution in [2.24, 2.45) is 0 Å². The van der Waals surface area contributed by atoms with Gasteiger partial charge in [-0.15, -0.1) is 0 Å². The Morgan fingerprint density at radius 2 is 1.55 bits per heavy atom.